The molecule has 0 aliphatic rings. The van der Waals surface area contributed by atoms with E-state index >= 15 is 0 Å². The van der Waals surface area contributed by atoms with Gasteiger partial charge < -0.3 is 5.32 Å². The first kappa shape index (κ1) is 10.8. The summed E-state index contributed by atoms with van der Waals surface area (Å²) in [6, 6.07) is 10.1. The second kappa shape index (κ2) is 5.43. The van der Waals surface area contributed by atoms with Crippen LogP contribution in [0.4, 0.5) is 0 Å². The quantitative estimate of drug-likeness (QED) is 0.775. The summed E-state index contributed by atoms with van der Waals surface area (Å²) in [5, 5.41) is 2.70. The lowest BCUT2D eigenvalue weighted by Gasteiger charge is -2.12. The number of carbonyl (C=O) groups is 1. The fourth-order valence-corrected chi connectivity index (χ4v) is 1.53. The standard InChI is InChI=1S/C12H17NO/c1-3-11(12(14)13-2)9-10-7-5-4-6-8-10/h4-8,11H,3,9H2,1-2H3,(H,13,14). The van der Waals surface area contributed by atoms with Gasteiger partial charge in [0.1, 0.15) is 0 Å². The molecular formula is C12H17NO. The van der Waals surface area contributed by atoms with Gasteiger partial charge in [-0.05, 0) is 18.4 Å². The molecule has 0 radical (unpaired) electrons. The second-order valence-electron chi connectivity index (χ2n) is 3.41. The lowest BCUT2D eigenvalue weighted by molar-refractivity contribution is -0.124. The first-order valence-corrected chi connectivity index (χ1v) is 5.03. The molecule has 0 fully saturated rings. The number of rotatable bonds is 4. The molecule has 2 nitrogen and oxygen atoms in total. The van der Waals surface area contributed by atoms with Gasteiger partial charge >= 0.3 is 0 Å². The number of hydrogen-bond acceptors (Lipinski definition) is 1. The summed E-state index contributed by atoms with van der Waals surface area (Å²) in [6.45, 7) is 2.04. The number of carbonyl (C=O) groups excluding carboxylic acids is 1. The molecule has 0 saturated heterocycles. The minimum absolute atomic E-state index is 0.0994. The molecule has 0 bridgehead atoms. The van der Waals surface area contributed by atoms with Gasteiger partial charge in [-0.1, -0.05) is 37.3 Å². The van der Waals surface area contributed by atoms with Gasteiger partial charge in [0.05, 0.1) is 0 Å². The maximum absolute atomic E-state index is 11.4. The van der Waals surface area contributed by atoms with Crippen LogP contribution in [0.25, 0.3) is 0 Å². The summed E-state index contributed by atoms with van der Waals surface area (Å²) < 4.78 is 0. The van der Waals surface area contributed by atoms with Gasteiger partial charge in [0.15, 0.2) is 0 Å². The Hall–Kier alpha value is -1.31. The Morgan fingerprint density at radius 1 is 1.36 bits per heavy atom. The summed E-state index contributed by atoms with van der Waals surface area (Å²) in [5.41, 5.74) is 1.22. The third-order valence-electron chi connectivity index (χ3n) is 2.43. The largest absolute Gasteiger partial charge is 0.359 e. The van der Waals surface area contributed by atoms with Gasteiger partial charge in [-0.2, -0.15) is 0 Å². The van der Waals surface area contributed by atoms with Crippen molar-refractivity contribution in [3.05, 3.63) is 35.9 Å². The van der Waals surface area contributed by atoms with Crippen molar-refractivity contribution in [3.8, 4) is 0 Å². The van der Waals surface area contributed by atoms with Crippen molar-refractivity contribution in [1.82, 2.24) is 5.32 Å². The highest BCUT2D eigenvalue weighted by Crippen LogP contribution is 2.11. The van der Waals surface area contributed by atoms with E-state index in [0.29, 0.717) is 0 Å². The van der Waals surface area contributed by atoms with Gasteiger partial charge in [-0.3, -0.25) is 4.79 Å². The van der Waals surface area contributed by atoms with Crippen LogP contribution in [0.5, 0.6) is 0 Å². The van der Waals surface area contributed by atoms with Crippen LogP contribution in [-0.2, 0) is 11.2 Å². The highest BCUT2D eigenvalue weighted by atomic mass is 16.1. The Kier molecular flexibility index (Phi) is 4.17. The Morgan fingerprint density at radius 2 is 2.00 bits per heavy atom. The summed E-state index contributed by atoms with van der Waals surface area (Å²) in [5.74, 6) is 0.235. The van der Waals surface area contributed by atoms with Crippen molar-refractivity contribution >= 4 is 5.91 Å². The number of nitrogens with one attached hydrogen (secondary N) is 1. The van der Waals surface area contributed by atoms with Crippen molar-refractivity contribution in [2.24, 2.45) is 5.92 Å². The molecule has 0 spiro atoms. The van der Waals surface area contributed by atoms with E-state index in [1.165, 1.54) is 5.56 Å². The van der Waals surface area contributed by atoms with Crippen molar-refractivity contribution in [1.29, 1.82) is 0 Å². The molecule has 0 heterocycles. The smallest absolute Gasteiger partial charge is 0.223 e. The Bertz CT molecular complexity index is 282. The van der Waals surface area contributed by atoms with Gasteiger partial charge in [-0.25, -0.2) is 0 Å². The molecule has 0 aliphatic heterocycles. The predicted molar refractivity (Wildman–Crippen MR) is 58.0 cm³/mol. The molecule has 1 aromatic rings. The molecule has 0 aromatic heterocycles. The van der Waals surface area contributed by atoms with E-state index in [-0.39, 0.29) is 11.8 Å². The summed E-state index contributed by atoms with van der Waals surface area (Å²) in [6.07, 6.45) is 1.71. The monoisotopic (exact) mass is 191 g/mol. The lowest BCUT2D eigenvalue weighted by atomic mass is 9.96. The Balaban J connectivity index is 2.62. The molecule has 1 aromatic carbocycles. The predicted octanol–water partition coefficient (Wildman–Crippen LogP) is 2.00. The first-order valence-electron chi connectivity index (χ1n) is 5.03. The van der Waals surface area contributed by atoms with E-state index < -0.39 is 0 Å². The van der Waals surface area contributed by atoms with Crippen LogP contribution >= 0.6 is 0 Å². The van der Waals surface area contributed by atoms with Crippen LogP contribution in [0.2, 0.25) is 0 Å². The van der Waals surface area contributed by atoms with Gasteiger partial charge in [-0.15, -0.1) is 0 Å². The molecule has 14 heavy (non-hydrogen) atoms. The minimum atomic E-state index is 0.0994. The summed E-state index contributed by atoms with van der Waals surface area (Å²) in [7, 11) is 1.69. The second-order valence-corrected chi connectivity index (χ2v) is 3.41. The molecule has 0 saturated carbocycles. The van der Waals surface area contributed by atoms with Crippen LogP contribution in [0, 0.1) is 5.92 Å². The van der Waals surface area contributed by atoms with Crippen molar-refractivity contribution in [2.45, 2.75) is 19.8 Å². The average Bonchev–Trinajstić information content (AvgIpc) is 2.26. The van der Waals surface area contributed by atoms with Crippen LogP contribution in [0.1, 0.15) is 18.9 Å². The molecule has 1 rings (SSSR count). The molecule has 0 aliphatic carbocycles. The summed E-state index contributed by atoms with van der Waals surface area (Å²) >= 11 is 0. The molecule has 76 valence electrons. The third-order valence-corrected chi connectivity index (χ3v) is 2.43. The van der Waals surface area contributed by atoms with E-state index in [9.17, 15) is 4.79 Å². The van der Waals surface area contributed by atoms with E-state index in [1.807, 2.05) is 25.1 Å². The highest BCUT2D eigenvalue weighted by molar-refractivity contribution is 5.78. The average molecular weight is 191 g/mol. The first-order chi connectivity index (χ1) is 6.77. The molecule has 1 atom stereocenters. The maximum atomic E-state index is 11.4. The van der Waals surface area contributed by atoms with Crippen molar-refractivity contribution in [3.63, 3.8) is 0 Å². The number of amides is 1. The normalized spacial score (nSPS) is 12.1. The highest BCUT2D eigenvalue weighted by Gasteiger charge is 2.14. The maximum Gasteiger partial charge on any atom is 0.223 e. The molecule has 2 heteroatoms. The van der Waals surface area contributed by atoms with Crippen molar-refractivity contribution < 1.29 is 4.79 Å². The fourth-order valence-electron chi connectivity index (χ4n) is 1.53. The van der Waals surface area contributed by atoms with E-state index in [2.05, 4.69) is 17.4 Å². The van der Waals surface area contributed by atoms with E-state index in [0.717, 1.165) is 12.8 Å². The summed E-state index contributed by atoms with van der Waals surface area (Å²) in [4.78, 5) is 11.4. The topological polar surface area (TPSA) is 29.1 Å². The van der Waals surface area contributed by atoms with E-state index in [4.69, 9.17) is 0 Å². The van der Waals surface area contributed by atoms with Gasteiger partial charge in [0.25, 0.3) is 0 Å². The minimum Gasteiger partial charge on any atom is -0.359 e. The number of hydrogen-bond donors (Lipinski definition) is 1. The van der Waals surface area contributed by atoms with Gasteiger partial charge in [0, 0.05) is 13.0 Å². The lowest BCUT2D eigenvalue weighted by Crippen LogP contribution is -2.28. The van der Waals surface area contributed by atoms with Crippen LogP contribution < -0.4 is 5.32 Å². The molecular weight excluding hydrogens is 174 g/mol. The SMILES string of the molecule is CCC(Cc1ccccc1)C(=O)NC. The van der Waals surface area contributed by atoms with E-state index in [1.54, 1.807) is 7.05 Å². The zero-order chi connectivity index (χ0) is 10.4. The fraction of sp³-hybridized carbons (Fsp3) is 0.417. The molecule has 1 amide bonds. The Morgan fingerprint density at radius 3 is 2.50 bits per heavy atom. The van der Waals surface area contributed by atoms with Crippen molar-refractivity contribution in [2.75, 3.05) is 7.05 Å². The van der Waals surface area contributed by atoms with Crippen LogP contribution in [0.3, 0.4) is 0 Å². The van der Waals surface area contributed by atoms with Crippen LogP contribution in [0.15, 0.2) is 30.3 Å². The van der Waals surface area contributed by atoms with Gasteiger partial charge in [0.2, 0.25) is 5.91 Å². The molecule has 1 unspecified atom stereocenters. The Labute approximate surface area is 85.3 Å². The zero-order valence-electron chi connectivity index (χ0n) is 8.79. The molecule has 1 N–H and O–H groups in total. The third kappa shape index (κ3) is 2.87. The van der Waals surface area contributed by atoms with Crippen LogP contribution in [-0.4, -0.2) is 13.0 Å². The number of benzene rings is 1. The zero-order valence-corrected chi connectivity index (χ0v) is 8.79.